The first-order valence-electron chi connectivity index (χ1n) is 14.6. The van der Waals surface area contributed by atoms with E-state index in [9.17, 15) is 0 Å². The first-order chi connectivity index (χ1) is 18.7. The molecule has 0 aromatic heterocycles. The third kappa shape index (κ3) is 6.94. The second-order valence-corrected chi connectivity index (χ2v) is 17.4. The average molecular weight is 546 g/mol. The minimum Gasteiger partial charge on any atom is -0.489 e. The minimum absolute atomic E-state index is 0.157. The summed E-state index contributed by atoms with van der Waals surface area (Å²) < 4.78 is 19.8. The summed E-state index contributed by atoms with van der Waals surface area (Å²) in [5, 5.41) is 3.85. The molecule has 0 radical (unpaired) electrons. The van der Waals surface area contributed by atoms with Crippen LogP contribution in [0, 0.1) is 0 Å². The van der Waals surface area contributed by atoms with Crippen LogP contribution in [0.5, 0.6) is 11.5 Å². The van der Waals surface area contributed by atoms with E-state index in [-0.39, 0.29) is 12.1 Å². The van der Waals surface area contributed by atoms with E-state index < -0.39 is 8.32 Å². The summed E-state index contributed by atoms with van der Waals surface area (Å²) in [7, 11) is -1.94. The lowest BCUT2D eigenvalue weighted by atomic mass is 9.90. The summed E-state index contributed by atoms with van der Waals surface area (Å²) in [5.74, 6) is 1.75. The van der Waals surface area contributed by atoms with Crippen LogP contribution in [-0.4, -0.2) is 21.0 Å². The molecule has 0 amide bonds. The van der Waals surface area contributed by atoms with Crippen LogP contribution in [0.1, 0.15) is 76.8 Å². The zero-order valence-electron chi connectivity index (χ0n) is 24.9. The summed E-state index contributed by atoms with van der Waals surface area (Å²) in [6, 6.07) is 25.4. The van der Waals surface area contributed by atoms with Crippen LogP contribution >= 0.6 is 0 Å². The van der Waals surface area contributed by atoms with Gasteiger partial charge in [-0.1, -0.05) is 102 Å². The molecule has 0 unspecified atom stereocenters. The Hall–Kier alpha value is -2.60. The second-order valence-electron chi connectivity index (χ2n) is 12.0. The van der Waals surface area contributed by atoms with E-state index >= 15 is 0 Å². The van der Waals surface area contributed by atoms with E-state index in [1.165, 1.54) is 11.1 Å². The van der Waals surface area contributed by atoms with Crippen LogP contribution in [0.25, 0.3) is 0 Å². The van der Waals surface area contributed by atoms with Gasteiger partial charge in [0.1, 0.15) is 24.7 Å². The van der Waals surface area contributed by atoms with E-state index in [1.807, 2.05) is 24.3 Å². The smallest absolute Gasteiger partial charge is 0.200 e. The van der Waals surface area contributed by atoms with Gasteiger partial charge in [-0.05, 0) is 52.7 Å². The zero-order chi connectivity index (χ0) is 28.0. The quantitative estimate of drug-likeness (QED) is 0.231. The van der Waals surface area contributed by atoms with Gasteiger partial charge in [0.15, 0.2) is 8.32 Å². The summed E-state index contributed by atoms with van der Waals surface area (Å²) in [4.78, 5) is 0. The van der Waals surface area contributed by atoms with Crippen LogP contribution in [0.15, 0.2) is 72.8 Å². The van der Waals surface area contributed by atoms with E-state index in [0.717, 1.165) is 35.7 Å². The van der Waals surface area contributed by atoms with E-state index in [2.05, 4.69) is 102 Å². The first-order valence-corrected chi connectivity index (χ1v) is 16.7. The molecule has 3 aromatic carbocycles. The molecule has 4 nitrogen and oxygen atoms in total. The predicted molar refractivity (Wildman–Crippen MR) is 164 cm³/mol. The summed E-state index contributed by atoms with van der Waals surface area (Å²) >= 11 is 0. The summed E-state index contributed by atoms with van der Waals surface area (Å²) in [5.41, 5.74) is 6.54. The topological polar surface area (TPSA) is 39.7 Å². The lowest BCUT2D eigenvalue weighted by Crippen LogP contribution is -2.51. The number of benzene rings is 3. The number of hydrogen-bond donors (Lipinski definition) is 1. The van der Waals surface area contributed by atoms with Crippen LogP contribution in [0.3, 0.4) is 0 Å². The molecule has 1 N–H and O–H groups in total. The second kappa shape index (κ2) is 13.2. The molecule has 2 atom stereocenters. The lowest BCUT2D eigenvalue weighted by molar-refractivity contribution is 0.216. The Morgan fingerprint density at radius 3 is 1.85 bits per heavy atom. The molecule has 1 heterocycles. The maximum atomic E-state index is 7.00. The number of fused-ring (bicyclic) bond motifs is 1. The maximum Gasteiger partial charge on any atom is 0.200 e. The van der Waals surface area contributed by atoms with Crippen molar-refractivity contribution in [3.05, 3.63) is 95.1 Å². The van der Waals surface area contributed by atoms with Gasteiger partial charge in [0.2, 0.25) is 0 Å². The van der Waals surface area contributed by atoms with Crippen molar-refractivity contribution in [3.8, 4) is 11.5 Å². The molecule has 210 valence electrons. The highest BCUT2D eigenvalue weighted by molar-refractivity contribution is 6.77. The molecule has 0 bridgehead atoms. The predicted octanol–water partition coefficient (Wildman–Crippen LogP) is 8.61. The Labute approximate surface area is 237 Å². The van der Waals surface area contributed by atoms with Gasteiger partial charge in [0.25, 0.3) is 0 Å². The maximum absolute atomic E-state index is 7.00. The lowest BCUT2D eigenvalue weighted by Gasteiger charge is -2.44. The number of hydrogen-bond acceptors (Lipinski definition) is 4. The highest BCUT2D eigenvalue weighted by Gasteiger charge is 2.45. The van der Waals surface area contributed by atoms with Gasteiger partial charge >= 0.3 is 0 Å². The van der Waals surface area contributed by atoms with Crippen molar-refractivity contribution in [2.75, 3.05) is 6.61 Å². The van der Waals surface area contributed by atoms with E-state index in [0.29, 0.717) is 29.8 Å². The fourth-order valence-corrected chi connectivity index (χ4v) is 12.1. The molecule has 39 heavy (non-hydrogen) atoms. The molecule has 1 aliphatic rings. The van der Waals surface area contributed by atoms with Gasteiger partial charge in [-0.2, -0.15) is 0 Å². The van der Waals surface area contributed by atoms with Crippen molar-refractivity contribution in [2.45, 2.75) is 96.8 Å². The normalized spacial score (nSPS) is 17.5. The summed E-state index contributed by atoms with van der Waals surface area (Å²) in [6.07, 6.45) is 0.892. The molecule has 1 aliphatic heterocycles. The Morgan fingerprint density at radius 1 is 0.769 bits per heavy atom. The molecule has 5 heteroatoms. The van der Waals surface area contributed by atoms with Crippen molar-refractivity contribution in [3.63, 3.8) is 0 Å². The van der Waals surface area contributed by atoms with Gasteiger partial charge in [0.05, 0.1) is 0 Å². The standard InChI is InChI=1S/C34H47NO3Si/c1-24(2)39(25(3)4,26(5)6)38-23-31-18-30-19-32(36-21-28-14-10-8-11-15-28)20-33(34(30)27(7)35-31)37-22-29-16-12-9-13-17-29/h8-17,19-20,24-27,31,35H,18,21-23H2,1-7H3/t27-,31+/m1/s1. The molecule has 3 aromatic rings. The average Bonchev–Trinajstić information content (AvgIpc) is 2.91. The fourth-order valence-electron chi connectivity index (χ4n) is 6.61. The fraction of sp³-hybridized carbons (Fsp3) is 0.471. The van der Waals surface area contributed by atoms with Gasteiger partial charge in [-0.25, -0.2) is 0 Å². The van der Waals surface area contributed by atoms with Crippen molar-refractivity contribution in [1.29, 1.82) is 0 Å². The van der Waals surface area contributed by atoms with Gasteiger partial charge < -0.3 is 19.2 Å². The van der Waals surface area contributed by atoms with Gasteiger partial charge in [-0.15, -0.1) is 0 Å². The van der Waals surface area contributed by atoms with E-state index in [4.69, 9.17) is 13.9 Å². The third-order valence-corrected chi connectivity index (χ3v) is 14.4. The largest absolute Gasteiger partial charge is 0.489 e. The molecule has 0 saturated carbocycles. The van der Waals surface area contributed by atoms with Crippen LogP contribution in [0.2, 0.25) is 16.6 Å². The zero-order valence-corrected chi connectivity index (χ0v) is 25.9. The highest BCUT2D eigenvalue weighted by atomic mass is 28.4. The summed E-state index contributed by atoms with van der Waals surface area (Å²) in [6.45, 7) is 18.1. The Kier molecular flexibility index (Phi) is 9.92. The molecule has 0 aliphatic carbocycles. The molecule has 0 fully saturated rings. The molecule has 0 spiro atoms. The van der Waals surface area contributed by atoms with Crippen LogP contribution in [-0.2, 0) is 24.1 Å². The SMILES string of the molecule is CC(C)[Si](OC[C@@H]1Cc2cc(OCc3ccccc3)cc(OCc3ccccc3)c2[C@@H](C)N1)(C(C)C)C(C)C. The van der Waals surface area contributed by atoms with Gasteiger partial charge in [0, 0.05) is 30.3 Å². The van der Waals surface area contributed by atoms with Crippen LogP contribution in [0.4, 0.5) is 0 Å². The monoisotopic (exact) mass is 545 g/mol. The molecular weight excluding hydrogens is 498 g/mol. The first kappa shape index (κ1) is 29.4. The van der Waals surface area contributed by atoms with Gasteiger partial charge in [-0.3, -0.25) is 0 Å². The number of ether oxygens (including phenoxy) is 2. The number of nitrogens with one attached hydrogen (secondary N) is 1. The Bertz CT molecular complexity index is 1160. The molecular formula is C34H47NO3Si. The van der Waals surface area contributed by atoms with Crippen molar-refractivity contribution < 1.29 is 13.9 Å². The van der Waals surface area contributed by atoms with Crippen molar-refractivity contribution >= 4 is 8.32 Å². The molecule has 0 saturated heterocycles. The van der Waals surface area contributed by atoms with Crippen molar-refractivity contribution in [1.82, 2.24) is 5.32 Å². The minimum atomic E-state index is -1.94. The van der Waals surface area contributed by atoms with Crippen molar-refractivity contribution in [2.24, 2.45) is 0 Å². The Morgan fingerprint density at radius 2 is 1.31 bits per heavy atom. The highest BCUT2D eigenvalue weighted by Crippen LogP contribution is 2.43. The number of rotatable bonds is 12. The van der Waals surface area contributed by atoms with Crippen LogP contribution < -0.4 is 14.8 Å². The Balaban J connectivity index is 1.58. The third-order valence-electron chi connectivity index (χ3n) is 8.31. The van der Waals surface area contributed by atoms with E-state index in [1.54, 1.807) is 0 Å². The molecule has 4 rings (SSSR count).